The third-order valence-electron chi connectivity index (χ3n) is 10.2. The fourth-order valence-corrected chi connectivity index (χ4v) is 7.69. The van der Waals surface area contributed by atoms with Crippen LogP contribution in [0.15, 0.2) is 70.1 Å². The van der Waals surface area contributed by atoms with Gasteiger partial charge in [-0.05, 0) is 80.7 Å². The van der Waals surface area contributed by atoms with Crippen molar-refractivity contribution in [3.8, 4) is 17.1 Å². The molecule has 3 heterocycles. The first-order valence-electron chi connectivity index (χ1n) is 17.2. The Morgan fingerprint density at radius 1 is 1.00 bits per heavy atom. The van der Waals surface area contributed by atoms with Crippen LogP contribution < -0.4 is 14.8 Å². The Hall–Kier alpha value is -4.59. The van der Waals surface area contributed by atoms with Gasteiger partial charge in [0.1, 0.15) is 17.9 Å². The number of sulfonamides is 1. The number of anilines is 1. The number of aryl methyl sites for hydroxylation is 2. The van der Waals surface area contributed by atoms with E-state index in [0.29, 0.717) is 18.0 Å². The zero-order valence-corrected chi connectivity index (χ0v) is 31.2. The summed E-state index contributed by atoms with van der Waals surface area (Å²) in [5.41, 5.74) is 5.44. The summed E-state index contributed by atoms with van der Waals surface area (Å²) in [4.78, 5) is 29.7. The number of ether oxygens (including phenoxy) is 1. The van der Waals surface area contributed by atoms with Gasteiger partial charge in [-0.15, -0.1) is 12.4 Å². The van der Waals surface area contributed by atoms with Gasteiger partial charge >= 0.3 is 5.97 Å². The highest BCUT2D eigenvalue weighted by atomic mass is 35.5. The highest BCUT2D eigenvalue weighted by Gasteiger charge is 2.39. The van der Waals surface area contributed by atoms with E-state index < -0.39 is 16.0 Å². The Balaban J connectivity index is 0.00000464. The van der Waals surface area contributed by atoms with Crippen molar-refractivity contribution < 1.29 is 27.5 Å². The number of fused-ring (bicyclic) bond motifs is 1. The number of hydrogen-bond acceptors (Lipinski definition) is 10. The van der Waals surface area contributed by atoms with Gasteiger partial charge in [0.2, 0.25) is 17.5 Å². The van der Waals surface area contributed by atoms with Crippen molar-refractivity contribution in [1.29, 1.82) is 0 Å². The van der Waals surface area contributed by atoms with Crippen molar-refractivity contribution in [2.24, 2.45) is 5.41 Å². The molecule has 5 aromatic rings. The number of rotatable bonds is 14. The van der Waals surface area contributed by atoms with Gasteiger partial charge in [-0.25, -0.2) is 32.9 Å². The number of nitrogens with one attached hydrogen (secondary N) is 2. The Morgan fingerprint density at radius 3 is 2.40 bits per heavy atom. The molecule has 1 atom stereocenters. The van der Waals surface area contributed by atoms with Gasteiger partial charge in [-0.3, -0.25) is 0 Å². The molecule has 0 radical (unpaired) electrons. The Bertz CT molecular complexity index is 2210. The van der Waals surface area contributed by atoms with E-state index in [9.17, 15) is 18.3 Å². The van der Waals surface area contributed by atoms with Crippen molar-refractivity contribution in [2.75, 3.05) is 11.3 Å². The molecule has 0 spiro atoms. The minimum absolute atomic E-state index is 0. The smallest absolute Gasteiger partial charge is 0.335 e. The van der Waals surface area contributed by atoms with Crippen LogP contribution in [0.2, 0.25) is 0 Å². The van der Waals surface area contributed by atoms with E-state index in [1.54, 1.807) is 12.3 Å². The summed E-state index contributed by atoms with van der Waals surface area (Å²) in [5.74, 6) is -0.282. The summed E-state index contributed by atoms with van der Waals surface area (Å²) in [7, 11) is -4.24. The van der Waals surface area contributed by atoms with E-state index in [2.05, 4.69) is 38.8 Å². The lowest BCUT2D eigenvalue weighted by molar-refractivity contribution is 0.0696. The zero-order chi connectivity index (χ0) is 36.0. The number of carboxylic acid groups (broad SMARTS) is 1. The average Bonchev–Trinajstić information content (AvgIpc) is 3.64. The maximum absolute atomic E-state index is 13.4. The normalized spacial score (nSPS) is 16.4. The fraction of sp³-hybridized carbons (Fsp3) is 0.395. The second kappa shape index (κ2) is 14.4. The molecule has 0 amide bonds. The van der Waals surface area contributed by atoms with Gasteiger partial charge in [0.05, 0.1) is 28.0 Å². The Labute approximate surface area is 309 Å². The lowest BCUT2D eigenvalue weighted by Crippen LogP contribution is -2.36. The molecular weight excluding hydrogens is 704 g/mol. The molecule has 2 aliphatic rings. The second-order valence-electron chi connectivity index (χ2n) is 14.6. The van der Waals surface area contributed by atoms with Crippen LogP contribution in [0.3, 0.4) is 0 Å². The molecule has 274 valence electrons. The predicted octanol–water partition coefficient (Wildman–Crippen LogP) is 7.39. The van der Waals surface area contributed by atoms with Crippen LogP contribution in [-0.4, -0.2) is 52.1 Å². The maximum atomic E-state index is 13.4. The van der Waals surface area contributed by atoms with Crippen LogP contribution in [0.25, 0.3) is 22.5 Å². The van der Waals surface area contributed by atoms with E-state index in [1.165, 1.54) is 24.6 Å². The van der Waals surface area contributed by atoms with Gasteiger partial charge in [0.15, 0.2) is 0 Å². The molecule has 0 saturated heterocycles. The lowest BCUT2D eigenvalue weighted by Gasteiger charge is -2.35. The summed E-state index contributed by atoms with van der Waals surface area (Å²) >= 11 is 0. The summed E-state index contributed by atoms with van der Waals surface area (Å²) < 4.78 is 41.7. The van der Waals surface area contributed by atoms with Crippen LogP contribution >= 0.6 is 12.4 Å². The van der Waals surface area contributed by atoms with Crippen molar-refractivity contribution in [1.82, 2.24) is 25.3 Å². The van der Waals surface area contributed by atoms with E-state index in [1.807, 2.05) is 38.1 Å². The largest absolute Gasteiger partial charge is 0.478 e. The number of halogens is 1. The molecule has 2 aliphatic carbocycles. The third-order valence-corrected chi connectivity index (χ3v) is 11.6. The molecule has 2 aromatic carbocycles. The van der Waals surface area contributed by atoms with Crippen molar-refractivity contribution >= 4 is 45.6 Å². The second-order valence-corrected chi connectivity index (χ2v) is 16.3. The molecule has 2 fully saturated rings. The van der Waals surface area contributed by atoms with E-state index in [0.717, 1.165) is 71.8 Å². The van der Waals surface area contributed by atoms with Crippen LogP contribution in [0.4, 0.5) is 5.95 Å². The minimum Gasteiger partial charge on any atom is -0.478 e. The summed E-state index contributed by atoms with van der Waals surface area (Å²) in [6, 6.07) is 14.6. The van der Waals surface area contributed by atoms with Gasteiger partial charge in [-0.1, -0.05) is 44.5 Å². The highest BCUT2D eigenvalue weighted by Crippen LogP contribution is 2.49. The number of carbonyl (C=O) groups is 1. The number of carboxylic acids is 1. The summed E-state index contributed by atoms with van der Waals surface area (Å²) in [5, 5.41) is 13.0. The van der Waals surface area contributed by atoms with E-state index in [4.69, 9.17) is 14.1 Å². The number of nitrogens with zero attached hydrogens (tertiary/aromatic N) is 4. The molecule has 12 nitrogen and oxygen atoms in total. The number of aromatic nitrogens is 4. The number of benzene rings is 2. The molecule has 52 heavy (non-hydrogen) atoms. The van der Waals surface area contributed by atoms with Crippen LogP contribution in [0, 0.1) is 19.3 Å². The Morgan fingerprint density at radius 2 is 1.73 bits per heavy atom. The molecule has 14 heteroatoms. The van der Waals surface area contributed by atoms with Gasteiger partial charge in [0.25, 0.3) is 10.0 Å². The fourth-order valence-electron chi connectivity index (χ4n) is 6.70. The van der Waals surface area contributed by atoms with Crippen molar-refractivity contribution in [2.45, 2.75) is 89.1 Å². The molecule has 2 saturated carbocycles. The molecule has 7 rings (SSSR count). The topological polar surface area (TPSA) is 169 Å². The SMILES string of the molecule is Cc1cccc(C)c1-c1cc(OC[C@@H](CC2(C)CC2)NCc2cnc3oc(C4(C)CCC4)cc3n2)nc(NS(=O)(=O)c2cccc(C(=O)O)c2)n1.Cl. The number of aromatic carboxylic acids is 1. The van der Waals surface area contributed by atoms with Gasteiger partial charge in [-0.2, -0.15) is 4.98 Å². The molecule has 3 N–H and O–H groups in total. The highest BCUT2D eigenvalue weighted by molar-refractivity contribution is 7.92. The molecule has 0 unspecified atom stereocenters. The van der Waals surface area contributed by atoms with E-state index >= 15 is 0 Å². The van der Waals surface area contributed by atoms with Crippen molar-refractivity contribution in [3.05, 3.63) is 88.9 Å². The molecule has 3 aromatic heterocycles. The quantitative estimate of drug-likeness (QED) is 0.104. The summed E-state index contributed by atoms with van der Waals surface area (Å²) in [6.07, 6.45) is 8.29. The first kappa shape index (κ1) is 37.2. The monoisotopic (exact) mass is 746 g/mol. The van der Waals surface area contributed by atoms with E-state index in [-0.39, 0.29) is 58.2 Å². The number of hydrogen-bond donors (Lipinski definition) is 3. The maximum Gasteiger partial charge on any atom is 0.335 e. The predicted molar refractivity (Wildman–Crippen MR) is 199 cm³/mol. The van der Waals surface area contributed by atoms with Gasteiger partial charge in [0, 0.05) is 35.7 Å². The average molecular weight is 747 g/mol. The molecule has 0 aliphatic heterocycles. The number of furan rings is 1. The van der Waals surface area contributed by atoms with Crippen LogP contribution in [0.1, 0.15) is 85.3 Å². The third kappa shape index (κ3) is 8.06. The standard InChI is InChI=1S/C38H42N6O6S.ClH/c1-23-8-5-9-24(2)33(23)29-18-32(43-36(42-29)44-51(47,48)28-11-6-10-25(16-28)35(45)46)49-22-26(19-37(3)14-15-37)39-20-27-21-40-34-30(41-27)17-31(50-34)38(4)12-7-13-38;/h5-6,8-11,16-18,21,26,39H,7,12-15,19-20,22H2,1-4H3,(H,45,46)(H,42,43,44);1H/t26-;/m1./s1. The van der Waals surface area contributed by atoms with Crippen LogP contribution in [-0.2, 0) is 22.0 Å². The summed E-state index contributed by atoms with van der Waals surface area (Å²) in [6.45, 7) is 9.14. The van der Waals surface area contributed by atoms with Crippen molar-refractivity contribution in [3.63, 3.8) is 0 Å². The minimum atomic E-state index is -4.24. The lowest BCUT2D eigenvalue weighted by atomic mass is 9.69. The first-order chi connectivity index (χ1) is 24.3. The molecule has 0 bridgehead atoms. The molecular formula is C38H43ClN6O6S. The Kier molecular flexibility index (Phi) is 10.3. The zero-order valence-electron chi connectivity index (χ0n) is 29.6. The first-order valence-corrected chi connectivity index (χ1v) is 18.7. The van der Waals surface area contributed by atoms with Gasteiger partial charge < -0.3 is 19.6 Å². The van der Waals surface area contributed by atoms with Crippen LogP contribution in [0.5, 0.6) is 5.88 Å².